The minimum absolute atomic E-state index is 0.0215. The fourth-order valence-electron chi connectivity index (χ4n) is 4.93. The number of carbonyl (C=O) groups is 1. The summed E-state index contributed by atoms with van der Waals surface area (Å²) in [6.07, 6.45) is 1.91. The number of amides is 1. The normalized spacial score (nSPS) is 24.3. The largest absolute Gasteiger partial charge is 0.304 e. The number of hydrogen-bond donors (Lipinski definition) is 0. The van der Waals surface area contributed by atoms with Gasteiger partial charge in [0.15, 0.2) is 0 Å². The van der Waals surface area contributed by atoms with E-state index in [0.29, 0.717) is 6.54 Å². The molecule has 2 aromatic rings. The Morgan fingerprint density at radius 2 is 1.80 bits per heavy atom. The zero-order valence-corrected chi connectivity index (χ0v) is 17.3. The second kappa shape index (κ2) is 7.93. The lowest BCUT2D eigenvalue weighted by Crippen LogP contribution is -2.48. The van der Waals surface area contributed by atoms with E-state index in [2.05, 4.69) is 35.0 Å². The maximum Gasteiger partial charge on any atom is 0.257 e. The van der Waals surface area contributed by atoms with Crippen molar-refractivity contribution in [2.24, 2.45) is 11.0 Å². The summed E-state index contributed by atoms with van der Waals surface area (Å²) in [6, 6.07) is 14.7. The fourth-order valence-corrected chi connectivity index (χ4v) is 4.93. The first-order chi connectivity index (χ1) is 14.6. The lowest BCUT2D eigenvalue weighted by Gasteiger charge is -2.34. The molecule has 1 fully saturated rings. The first kappa shape index (κ1) is 19.4. The predicted octanol–water partition coefficient (Wildman–Crippen LogP) is 2.92. The molecule has 0 saturated carbocycles. The van der Waals surface area contributed by atoms with E-state index in [4.69, 9.17) is 5.10 Å². The van der Waals surface area contributed by atoms with Crippen molar-refractivity contribution in [3.63, 3.8) is 0 Å². The Kier molecular flexibility index (Phi) is 5.13. The molecule has 3 aliphatic rings. The number of fused-ring (bicyclic) bond motifs is 3. The number of likely N-dealkylation sites (N-methyl/N-ethyl adjacent to an activating group) is 1. The van der Waals surface area contributed by atoms with Crippen molar-refractivity contribution in [2.45, 2.75) is 18.9 Å². The fraction of sp³-hybridized carbons (Fsp3) is 0.417. The van der Waals surface area contributed by atoms with E-state index in [1.165, 1.54) is 17.7 Å². The lowest BCUT2D eigenvalue weighted by molar-refractivity contribution is -0.135. The molecule has 1 aliphatic carbocycles. The zero-order chi connectivity index (χ0) is 20.7. The highest BCUT2D eigenvalue weighted by molar-refractivity contribution is 6.06. The lowest BCUT2D eigenvalue weighted by atomic mass is 9.77. The van der Waals surface area contributed by atoms with Crippen molar-refractivity contribution >= 4 is 11.6 Å². The summed E-state index contributed by atoms with van der Waals surface area (Å²) in [7, 11) is 2.11. The van der Waals surface area contributed by atoms with Gasteiger partial charge in [-0.25, -0.2) is 9.40 Å². The van der Waals surface area contributed by atoms with Gasteiger partial charge in [-0.05, 0) is 43.1 Å². The molecule has 1 saturated heterocycles. The van der Waals surface area contributed by atoms with Crippen LogP contribution in [-0.2, 0) is 11.2 Å². The standard InChI is InChI=1S/C24H27FN4O/c1-27-12-14-28(15-13-27)16-22(30)29-24(18-6-9-19(25)10-7-18)21-11-8-17-4-2-3-5-20(17)23(21)26-29/h2-7,9-10,21,24H,8,11-16H2,1H3/t21-,24+/m0/s1. The van der Waals surface area contributed by atoms with Crippen molar-refractivity contribution in [3.05, 3.63) is 71.0 Å². The first-order valence-electron chi connectivity index (χ1n) is 10.8. The average molecular weight is 407 g/mol. The molecule has 0 N–H and O–H groups in total. The van der Waals surface area contributed by atoms with Gasteiger partial charge in [0.05, 0.1) is 18.3 Å². The molecule has 0 spiro atoms. The number of benzene rings is 2. The minimum atomic E-state index is -0.262. The summed E-state index contributed by atoms with van der Waals surface area (Å²) in [5.41, 5.74) is 4.39. The summed E-state index contributed by atoms with van der Waals surface area (Å²) in [5.74, 6) is -0.0998. The van der Waals surface area contributed by atoms with E-state index in [9.17, 15) is 9.18 Å². The maximum absolute atomic E-state index is 13.6. The highest BCUT2D eigenvalue weighted by Gasteiger charge is 2.44. The molecule has 5 rings (SSSR count). The Bertz CT molecular complexity index is 965. The van der Waals surface area contributed by atoms with Crippen molar-refractivity contribution in [1.29, 1.82) is 0 Å². The van der Waals surface area contributed by atoms with E-state index < -0.39 is 0 Å². The van der Waals surface area contributed by atoms with Crippen LogP contribution in [0.3, 0.4) is 0 Å². The van der Waals surface area contributed by atoms with E-state index in [1.807, 2.05) is 6.07 Å². The van der Waals surface area contributed by atoms with Gasteiger partial charge in [-0.15, -0.1) is 0 Å². The third kappa shape index (κ3) is 3.55. The molecule has 6 heteroatoms. The molecule has 2 atom stereocenters. The van der Waals surface area contributed by atoms with Crippen LogP contribution < -0.4 is 0 Å². The third-order valence-corrected chi connectivity index (χ3v) is 6.65. The van der Waals surface area contributed by atoms with E-state index in [1.54, 1.807) is 17.1 Å². The van der Waals surface area contributed by atoms with Crippen LogP contribution >= 0.6 is 0 Å². The van der Waals surface area contributed by atoms with Gasteiger partial charge in [-0.3, -0.25) is 9.69 Å². The molecule has 5 nitrogen and oxygen atoms in total. The first-order valence-corrected chi connectivity index (χ1v) is 10.8. The van der Waals surface area contributed by atoms with Gasteiger partial charge in [0.25, 0.3) is 5.91 Å². The SMILES string of the molecule is CN1CCN(CC(=O)N2N=C3c4ccccc4CC[C@@H]3[C@H]2c2ccc(F)cc2)CC1. The molecule has 2 aliphatic heterocycles. The summed E-state index contributed by atoms with van der Waals surface area (Å²) < 4.78 is 13.6. The van der Waals surface area contributed by atoms with Gasteiger partial charge in [-0.2, -0.15) is 5.10 Å². The number of aryl methyl sites for hydroxylation is 1. The minimum Gasteiger partial charge on any atom is -0.304 e. The van der Waals surface area contributed by atoms with Gasteiger partial charge in [-0.1, -0.05) is 36.4 Å². The Labute approximate surface area is 176 Å². The molecule has 1 amide bonds. The number of rotatable bonds is 3. The Morgan fingerprint density at radius 1 is 1.07 bits per heavy atom. The van der Waals surface area contributed by atoms with Crippen molar-refractivity contribution in [3.8, 4) is 0 Å². The molecule has 2 heterocycles. The van der Waals surface area contributed by atoms with Crippen molar-refractivity contribution < 1.29 is 9.18 Å². The Balaban J connectivity index is 1.47. The molecule has 156 valence electrons. The second-order valence-electron chi connectivity index (χ2n) is 8.60. The van der Waals surface area contributed by atoms with Crippen LogP contribution in [-0.4, -0.2) is 66.2 Å². The maximum atomic E-state index is 13.6. The highest BCUT2D eigenvalue weighted by atomic mass is 19.1. The molecular weight excluding hydrogens is 379 g/mol. The number of hydrazone groups is 1. The molecule has 0 bridgehead atoms. The molecular formula is C24H27FN4O. The Hall–Kier alpha value is -2.57. The van der Waals surface area contributed by atoms with Crippen molar-refractivity contribution in [1.82, 2.24) is 14.8 Å². The van der Waals surface area contributed by atoms with Crippen LogP contribution in [0.15, 0.2) is 53.6 Å². The predicted molar refractivity (Wildman–Crippen MR) is 115 cm³/mol. The molecule has 0 unspecified atom stereocenters. The average Bonchev–Trinajstić information content (AvgIpc) is 3.16. The smallest absolute Gasteiger partial charge is 0.257 e. The molecule has 2 aromatic carbocycles. The number of carbonyl (C=O) groups excluding carboxylic acids is 1. The van der Waals surface area contributed by atoms with E-state index >= 15 is 0 Å². The summed E-state index contributed by atoms with van der Waals surface area (Å²) in [5, 5.41) is 6.57. The monoisotopic (exact) mass is 406 g/mol. The second-order valence-corrected chi connectivity index (χ2v) is 8.60. The summed E-state index contributed by atoms with van der Waals surface area (Å²) in [6.45, 7) is 4.09. The summed E-state index contributed by atoms with van der Waals surface area (Å²) >= 11 is 0. The van der Waals surface area contributed by atoms with Gasteiger partial charge in [0.2, 0.25) is 0 Å². The van der Waals surface area contributed by atoms with Crippen LogP contribution in [0.4, 0.5) is 4.39 Å². The van der Waals surface area contributed by atoms with Gasteiger partial charge >= 0.3 is 0 Å². The van der Waals surface area contributed by atoms with Crippen LogP contribution in [0.25, 0.3) is 0 Å². The number of nitrogens with zero attached hydrogens (tertiary/aromatic N) is 4. The van der Waals surface area contributed by atoms with Crippen LogP contribution in [0.1, 0.15) is 29.2 Å². The van der Waals surface area contributed by atoms with E-state index in [-0.39, 0.29) is 23.7 Å². The number of halogens is 1. The number of hydrogen-bond acceptors (Lipinski definition) is 4. The Morgan fingerprint density at radius 3 is 2.57 bits per heavy atom. The third-order valence-electron chi connectivity index (χ3n) is 6.65. The van der Waals surface area contributed by atoms with Gasteiger partial charge < -0.3 is 4.90 Å². The quantitative estimate of drug-likeness (QED) is 0.787. The van der Waals surface area contributed by atoms with Crippen LogP contribution in [0.5, 0.6) is 0 Å². The molecule has 0 radical (unpaired) electrons. The zero-order valence-electron chi connectivity index (χ0n) is 17.3. The summed E-state index contributed by atoms with van der Waals surface area (Å²) in [4.78, 5) is 17.9. The van der Waals surface area contributed by atoms with Crippen LogP contribution in [0.2, 0.25) is 0 Å². The molecule has 0 aromatic heterocycles. The van der Waals surface area contributed by atoms with Crippen LogP contribution in [0, 0.1) is 11.7 Å². The van der Waals surface area contributed by atoms with E-state index in [0.717, 1.165) is 55.9 Å². The number of piperazine rings is 1. The highest BCUT2D eigenvalue weighted by Crippen LogP contribution is 2.43. The van der Waals surface area contributed by atoms with Crippen molar-refractivity contribution in [2.75, 3.05) is 39.8 Å². The topological polar surface area (TPSA) is 39.1 Å². The van der Waals surface area contributed by atoms with Gasteiger partial charge in [0.1, 0.15) is 5.82 Å². The molecule has 30 heavy (non-hydrogen) atoms. The van der Waals surface area contributed by atoms with Gasteiger partial charge in [0, 0.05) is 37.7 Å².